The van der Waals surface area contributed by atoms with E-state index in [-0.39, 0.29) is 5.92 Å². The zero-order chi connectivity index (χ0) is 19.7. The lowest BCUT2D eigenvalue weighted by molar-refractivity contribution is -0.126. The van der Waals surface area contributed by atoms with Crippen LogP contribution in [0.2, 0.25) is 0 Å². The minimum Gasteiger partial charge on any atom is -0.444 e. The minimum atomic E-state index is -0.761. The molecule has 2 atom stereocenters. The van der Waals surface area contributed by atoms with Gasteiger partial charge in [0.15, 0.2) is 0 Å². The van der Waals surface area contributed by atoms with Gasteiger partial charge in [-0.25, -0.2) is 4.79 Å². The smallest absolute Gasteiger partial charge is 0.408 e. The van der Waals surface area contributed by atoms with Gasteiger partial charge in [0, 0.05) is 0 Å². The van der Waals surface area contributed by atoms with E-state index >= 15 is 0 Å². The van der Waals surface area contributed by atoms with Crippen LogP contribution in [0.1, 0.15) is 46.6 Å². The molecule has 1 aromatic carbocycles. The van der Waals surface area contributed by atoms with Gasteiger partial charge >= 0.3 is 6.09 Å². The highest BCUT2D eigenvalue weighted by Gasteiger charge is 2.26. The molecule has 0 aromatic heterocycles. The van der Waals surface area contributed by atoms with Crippen molar-refractivity contribution in [3.8, 4) is 0 Å². The van der Waals surface area contributed by atoms with Gasteiger partial charge in [-0.15, -0.1) is 0 Å². The third-order valence-electron chi connectivity index (χ3n) is 3.50. The van der Waals surface area contributed by atoms with E-state index < -0.39 is 29.7 Å². The quantitative estimate of drug-likeness (QED) is 0.697. The number of amides is 2. The van der Waals surface area contributed by atoms with E-state index in [0.717, 1.165) is 5.56 Å². The lowest BCUT2D eigenvalue weighted by Gasteiger charge is -2.25. The van der Waals surface area contributed by atoms with E-state index in [2.05, 4.69) is 10.6 Å². The molecular formula is C20H30N2O4. The van der Waals surface area contributed by atoms with Gasteiger partial charge in [-0.2, -0.15) is 0 Å². The van der Waals surface area contributed by atoms with Crippen LogP contribution in [0.15, 0.2) is 30.3 Å². The van der Waals surface area contributed by atoms with Crippen molar-refractivity contribution in [2.24, 2.45) is 5.92 Å². The summed E-state index contributed by atoms with van der Waals surface area (Å²) in [4.78, 5) is 36.0. The Bertz CT molecular complexity index is 594. The van der Waals surface area contributed by atoms with Crippen LogP contribution in [0, 0.1) is 5.92 Å². The Kier molecular flexibility index (Phi) is 8.29. The Morgan fingerprint density at radius 3 is 2.23 bits per heavy atom. The summed E-state index contributed by atoms with van der Waals surface area (Å²) in [5, 5.41) is 5.32. The summed E-state index contributed by atoms with van der Waals surface area (Å²) >= 11 is 0. The molecule has 0 heterocycles. The van der Waals surface area contributed by atoms with Gasteiger partial charge in [0.05, 0.1) is 6.04 Å². The second-order valence-corrected chi connectivity index (χ2v) is 7.77. The second kappa shape index (κ2) is 9.94. The second-order valence-electron chi connectivity index (χ2n) is 7.77. The van der Waals surface area contributed by atoms with Crippen molar-refractivity contribution in [3.63, 3.8) is 0 Å². The monoisotopic (exact) mass is 362 g/mol. The van der Waals surface area contributed by atoms with E-state index in [1.165, 1.54) is 0 Å². The van der Waals surface area contributed by atoms with Crippen molar-refractivity contribution in [2.75, 3.05) is 0 Å². The zero-order valence-corrected chi connectivity index (χ0v) is 16.2. The standard InChI is InChI=1S/C20H30N2O4/c1-14(2)11-17(22-19(25)26-20(3,4)5)18(24)21-16(13-23)12-15-9-7-6-8-10-15/h6-10,13-14,16-17H,11-12H2,1-5H3,(H,21,24)(H,22,25)/t16-,17+/m0/s1. The number of carbonyl (C=O) groups excluding carboxylic acids is 3. The highest BCUT2D eigenvalue weighted by Crippen LogP contribution is 2.10. The highest BCUT2D eigenvalue weighted by molar-refractivity contribution is 5.87. The van der Waals surface area contributed by atoms with E-state index in [9.17, 15) is 14.4 Å². The number of ether oxygens (including phenoxy) is 1. The Labute approximate surface area is 155 Å². The fourth-order valence-corrected chi connectivity index (χ4v) is 2.44. The fourth-order valence-electron chi connectivity index (χ4n) is 2.44. The van der Waals surface area contributed by atoms with E-state index in [1.807, 2.05) is 44.2 Å². The van der Waals surface area contributed by atoms with E-state index in [4.69, 9.17) is 4.74 Å². The normalized spacial score (nSPS) is 13.6. The molecule has 0 spiro atoms. The first-order valence-electron chi connectivity index (χ1n) is 8.90. The summed E-state index contributed by atoms with van der Waals surface area (Å²) in [6, 6.07) is 8.03. The molecule has 0 aliphatic rings. The maximum atomic E-state index is 12.6. The molecule has 0 bridgehead atoms. The van der Waals surface area contributed by atoms with Crippen LogP contribution >= 0.6 is 0 Å². The molecule has 0 saturated carbocycles. The van der Waals surface area contributed by atoms with Crippen molar-refractivity contribution >= 4 is 18.3 Å². The molecule has 0 unspecified atom stereocenters. The molecular weight excluding hydrogens is 332 g/mol. The number of rotatable bonds is 8. The summed E-state index contributed by atoms with van der Waals surface area (Å²) in [5.41, 5.74) is 0.298. The van der Waals surface area contributed by atoms with Crippen molar-refractivity contribution in [3.05, 3.63) is 35.9 Å². The van der Waals surface area contributed by atoms with Gasteiger partial charge in [-0.3, -0.25) is 4.79 Å². The molecule has 0 aliphatic heterocycles. The summed E-state index contributed by atoms with van der Waals surface area (Å²) in [6.45, 7) is 9.18. The highest BCUT2D eigenvalue weighted by atomic mass is 16.6. The largest absolute Gasteiger partial charge is 0.444 e. The Morgan fingerprint density at radius 1 is 1.12 bits per heavy atom. The number of hydrogen-bond donors (Lipinski definition) is 2. The van der Waals surface area contributed by atoms with Gasteiger partial charge in [-0.05, 0) is 45.1 Å². The molecule has 0 radical (unpaired) electrons. The van der Waals surface area contributed by atoms with Crippen molar-refractivity contribution < 1.29 is 19.1 Å². The minimum absolute atomic E-state index is 0.185. The van der Waals surface area contributed by atoms with Crippen LogP contribution in [0.4, 0.5) is 4.79 Å². The predicted molar refractivity (Wildman–Crippen MR) is 101 cm³/mol. The van der Waals surface area contributed by atoms with Crippen molar-refractivity contribution in [2.45, 2.75) is 65.1 Å². The maximum absolute atomic E-state index is 12.6. The van der Waals surface area contributed by atoms with Crippen LogP contribution in [0.5, 0.6) is 0 Å². The molecule has 6 nitrogen and oxygen atoms in total. The molecule has 6 heteroatoms. The first kappa shape index (κ1) is 21.7. The molecule has 144 valence electrons. The number of carbonyl (C=O) groups is 3. The molecule has 0 saturated heterocycles. The molecule has 26 heavy (non-hydrogen) atoms. The van der Waals surface area contributed by atoms with Crippen molar-refractivity contribution in [1.82, 2.24) is 10.6 Å². The summed E-state index contributed by atoms with van der Waals surface area (Å²) in [6.07, 6.45) is 0.910. The van der Waals surface area contributed by atoms with Gasteiger partial charge in [0.25, 0.3) is 0 Å². The van der Waals surface area contributed by atoms with Gasteiger partial charge in [-0.1, -0.05) is 44.2 Å². The maximum Gasteiger partial charge on any atom is 0.408 e. The van der Waals surface area contributed by atoms with Gasteiger partial charge in [0.2, 0.25) is 5.91 Å². The lowest BCUT2D eigenvalue weighted by atomic mass is 10.0. The Morgan fingerprint density at radius 2 is 1.73 bits per heavy atom. The number of aldehydes is 1. The molecule has 1 rings (SSSR count). The van der Waals surface area contributed by atoms with Crippen LogP contribution < -0.4 is 10.6 Å². The fraction of sp³-hybridized carbons (Fsp3) is 0.550. The van der Waals surface area contributed by atoms with E-state index in [0.29, 0.717) is 19.1 Å². The lowest BCUT2D eigenvalue weighted by Crippen LogP contribution is -2.51. The predicted octanol–water partition coefficient (Wildman–Crippen LogP) is 2.85. The molecule has 0 fully saturated rings. The van der Waals surface area contributed by atoms with E-state index in [1.54, 1.807) is 20.8 Å². The molecule has 2 N–H and O–H groups in total. The molecule has 1 aromatic rings. The SMILES string of the molecule is CC(C)C[C@@H](NC(=O)OC(C)(C)C)C(=O)N[C@H](C=O)Cc1ccccc1. The van der Waals surface area contributed by atoms with Gasteiger partial charge in [0.1, 0.15) is 17.9 Å². The van der Waals surface area contributed by atoms with Crippen molar-refractivity contribution in [1.29, 1.82) is 0 Å². The first-order chi connectivity index (χ1) is 12.1. The number of benzene rings is 1. The number of nitrogens with one attached hydrogen (secondary N) is 2. The average Bonchev–Trinajstić information content (AvgIpc) is 2.52. The van der Waals surface area contributed by atoms with Crippen LogP contribution in [-0.4, -0.2) is 36.0 Å². The average molecular weight is 362 g/mol. The summed E-state index contributed by atoms with van der Waals surface area (Å²) < 4.78 is 5.23. The number of hydrogen-bond acceptors (Lipinski definition) is 4. The topological polar surface area (TPSA) is 84.5 Å². The number of alkyl carbamates (subject to hydrolysis) is 1. The van der Waals surface area contributed by atoms with Crippen LogP contribution in [0.25, 0.3) is 0 Å². The Balaban J connectivity index is 2.74. The van der Waals surface area contributed by atoms with Crippen LogP contribution in [-0.2, 0) is 20.7 Å². The summed E-state index contributed by atoms with van der Waals surface area (Å²) in [5.74, 6) is -0.206. The summed E-state index contributed by atoms with van der Waals surface area (Å²) in [7, 11) is 0. The first-order valence-corrected chi connectivity index (χ1v) is 8.90. The molecule has 2 amide bonds. The third kappa shape index (κ3) is 8.65. The third-order valence-corrected chi connectivity index (χ3v) is 3.50. The zero-order valence-electron chi connectivity index (χ0n) is 16.2. The van der Waals surface area contributed by atoms with Gasteiger partial charge < -0.3 is 20.2 Å². The Hall–Kier alpha value is -2.37. The molecule has 0 aliphatic carbocycles. The van der Waals surface area contributed by atoms with Crippen LogP contribution in [0.3, 0.4) is 0 Å².